The summed E-state index contributed by atoms with van der Waals surface area (Å²) in [6.45, 7) is 0. The van der Waals surface area contributed by atoms with E-state index in [4.69, 9.17) is 11.6 Å². The molecule has 2 aromatic carbocycles. The van der Waals surface area contributed by atoms with E-state index in [0.29, 0.717) is 11.8 Å². The van der Waals surface area contributed by atoms with Gasteiger partial charge in [-0.15, -0.1) is 11.6 Å². The van der Waals surface area contributed by atoms with E-state index in [1.54, 1.807) is 0 Å². The highest BCUT2D eigenvalue weighted by molar-refractivity contribution is 9.10. The lowest BCUT2D eigenvalue weighted by atomic mass is 9.94. The molecule has 0 aromatic heterocycles. The zero-order chi connectivity index (χ0) is 12.1. The van der Waals surface area contributed by atoms with Crippen LogP contribution in [0.1, 0.15) is 17.0 Å². The van der Waals surface area contributed by atoms with Crippen molar-refractivity contribution in [3.63, 3.8) is 0 Å². The van der Waals surface area contributed by atoms with Gasteiger partial charge in [0.25, 0.3) is 0 Å². The number of benzene rings is 2. The summed E-state index contributed by atoms with van der Waals surface area (Å²) in [6.07, 6.45) is 0.987. The Morgan fingerprint density at radius 1 is 0.941 bits per heavy atom. The number of hydrogen-bond donors (Lipinski definition) is 0. The third-order valence-electron chi connectivity index (χ3n) is 2.85. The van der Waals surface area contributed by atoms with Crippen LogP contribution in [-0.4, -0.2) is 5.88 Å². The third-order valence-corrected chi connectivity index (χ3v) is 3.75. The molecule has 2 heteroatoms. The van der Waals surface area contributed by atoms with Crippen molar-refractivity contribution in [3.05, 3.63) is 70.2 Å². The van der Waals surface area contributed by atoms with Gasteiger partial charge in [-0.1, -0.05) is 58.4 Å². The van der Waals surface area contributed by atoms with E-state index in [0.717, 1.165) is 10.9 Å². The standard InChI is InChI=1S/C15H14BrCl/c16-15-8-6-12(7-9-15)10-14(11-17)13-4-2-1-3-5-13/h1-9,14H,10-11H2. The van der Waals surface area contributed by atoms with Crippen LogP contribution in [0.2, 0.25) is 0 Å². The van der Waals surface area contributed by atoms with Crippen LogP contribution in [-0.2, 0) is 6.42 Å². The molecule has 0 saturated carbocycles. The summed E-state index contributed by atoms with van der Waals surface area (Å²) in [5.74, 6) is 1.04. The first kappa shape index (κ1) is 12.7. The van der Waals surface area contributed by atoms with Gasteiger partial charge in [-0.25, -0.2) is 0 Å². The average Bonchev–Trinajstić information content (AvgIpc) is 2.39. The molecule has 0 aliphatic carbocycles. The fraction of sp³-hybridized carbons (Fsp3) is 0.200. The summed E-state index contributed by atoms with van der Waals surface area (Å²) in [7, 11) is 0. The molecule has 0 amide bonds. The van der Waals surface area contributed by atoms with Gasteiger partial charge in [0, 0.05) is 16.3 Å². The minimum Gasteiger partial charge on any atom is -0.126 e. The predicted octanol–water partition coefficient (Wildman–Crippen LogP) is 5.01. The first-order valence-corrected chi connectivity index (χ1v) is 6.97. The van der Waals surface area contributed by atoms with Crippen molar-refractivity contribution in [1.29, 1.82) is 0 Å². The SMILES string of the molecule is ClCC(Cc1ccc(Br)cc1)c1ccccc1. The molecule has 0 heterocycles. The monoisotopic (exact) mass is 308 g/mol. The Balaban J connectivity index is 2.13. The third kappa shape index (κ3) is 3.58. The molecule has 1 atom stereocenters. The number of halogens is 2. The van der Waals surface area contributed by atoms with E-state index in [1.807, 2.05) is 6.07 Å². The topological polar surface area (TPSA) is 0 Å². The van der Waals surface area contributed by atoms with Gasteiger partial charge in [0.15, 0.2) is 0 Å². The molecular weight excluding hydrogens is 296 g/mol. The van der Waals surface area contributed by atoms with Crippen molar-refractivity contribution in [3.8, 4) is 0 Å². The molecule has 0 fully saturated rings. The molecule has 17 heavy (non-hydrogen) atoms. The molecule has 0 aliphatic heterocycles. The summed E-state index contributed by atoms with van der Waals surface area (Å²) in [6, 6.07) is 18.9. The fourth-order valence-corrected chi connectivity index (χ4v) is 2.44. The summed E-state index contributed by atoms with van der Waals surface area (Å²) >= 11 is 9.52. The summed E-state index contributed by atoms with van der Waals surface area (Å²) in [5.41, 5.74) is 2.63. The Labute approximate surface area is 116 Å². The number of hydrogen-bond acceptors (Lipinski definition) is 0. The molecule has 0 bridgehead atoms. The van der Waals surface area contributed by atoms with Gasteiger partial charge in [0.1, 0.15) is 0 Å². The van der Waals surface area contributed by atoms with Crippen molar-refractivity contribution in [2.24, 2.45) is 0 Å². The predicted molar refractivity (Wildman–Crippen MR) is 77.7 cm³/mol. The van der Waals surface area contributed by atoms with E-state index in [2.05, 4.69) is 64.5 Å². The van der Waals surface area contributed by atoms with Crippen molar-refractivity contribution < 1.29 is 0 Å². The summed E-state index contributed by atoms with van der Waals surface area (Å²) in [4.78, 5) is 0. The van der Waals surface area contributed by atoms with Crippen molar-refractivity contribution in [2.45, 2.75) is 12.3 Å². The van der Waals surface area contributed by atoms with E-state index in [9.17, 15) is 0 Å². The van der Waals surface area contributed by atoms with Crippen LogP contribution in [0, 0.1) is 0 Å². The smallest absolute Gasteiger partial charge is 0.0295 e. The van der Waals surface area contributed by atoms with Gasteiger partial charge in [0.2, 0.25) is 0 Å². The van der Waals surface area contributed by atoms with Crippen LogP contribution in [0.15, 0.2) is 59.1 Å². The van der Waals surface area contributed by atoms with E-state index >= 15 is 0 Å². The molecule has 0 spiro atoms. The van der Waals surface area contributed by atoms with Gasteiger partial charge < -0.3 is 0 Å². The van der Waals surface area contributed by atoms with Gasteiger partial charge in [-0.05, 0) is 29.7 Å². The summed E-state index contributed by atoms with van der Waals surface area (Å²) in [5, 5.41) is 0. The van der Waals surface area contributed by atoms with Crippen LogP contribution in [0.25, 0.3) is 0 Å². The Bertz CT molecular complexity index is 450. The number of alkyl halides is 1. The average molecular weight is 310 g/mol. The van der Waals surface area contributed by atoms with Crippen LogP contribution < -0.4 is 0 Å². The Kier molecular flexibility index (Phi) is 4.64. The maximum Gasteiger partial charge on any atom is 0.0295 e. The minimum atomic E-state index is 0.388. The molecule has 88 valence electrons. The second-order valence-corrected chi connectivity index (χ2v) is 5.32. The van der Waals surface area contributed by atoms with Crippen molar-refractivity contribution in [1.82, 2.24) is 0 Å². The Morgan fingerprint density at radius 2 is 1.59 bits per heavy atom. The van der Waals surface area contributed by atoms with Gasteiger partial charge in [-0.2, -0.15) is 0 Å². The molecule has 0 nitrogen and oxygen atoms in total. The minimum absolute atomic E-state index is 0.388. The molecule has 0 radical (unpaired) electrons. The molecule has 2 rings (SSSR count). The Hall–Kier alpha value is -0.790. The second-order valence-electron chi connectivity index (χ2n) is 4.09. The lowest BCUT2D eigenvalue weighted by molar-refractivity contribution is 0.766. The van der Waals surface area contributed by atoms with Crippen LogP contribution >= 0.6 is 27.5 Å². The van der Waals surface area contributed by atoms with Crippen molar-refractivity contribution in [2.75, 3.05) is 5.88 Å². The molecule has 0 N–H and O–H groups in total. The van der Waals surface area contributed by atoms with E-state index in [1.165, 1.54) is 11.1 Å². The van der Waals surface area contributed by atoms with Gasteiger partial charge in [0.05, 0.1) is 0 Å². The Morgan fingerprint density at radius 3 is 2.18 bits per heavy atom. The normalized spacial score (nSPS) is 12.4. The highest BCUT2D eigenvalue weighted by Gasteiger charge is 2.10. The number of rotatable bonds is 4. The lowest BCUT2D eigenvalue weighted by Gasteiger charge is -2.14. The van der Waals surface area contributed by atoms with E-state index in [-0.39, 0.29) is 0 Å². The van der Waals surface area contributed by atoms with Gasteiger partial charge >= 0.3 is 0 Å². The molecule has 0 aliphatic rings. The maximum atomic E-state index is 6.07. The second kappa shape index (κ2) is 6.23. The zero-order valence-electron chi connectivity index (χ0n) is 9.44. The highest BCUT2D eigenvalue weighted by Crippen LogP contribution is 2.23. The largest absolute Gasteiger partial charge is 0.126 e. The first-order valence-electron chi connectivity index (χ1n) is 5.65. The molecule has 0 saturated heterocycles. The highest BCUT2D eigenvalue weighted by atomic mass is 79.9. The zero-order valence-corrected chi connectivity index (χ0v) is 11.8. The van der Waals surface area contributed by atoms with Crippen molar-refractivity contribution >= 4 is 27.5 Å². The molecule has 1 unspecified atom stereocenters. The summed E-state index contributed by atoms with van der Waals surface area (Å²) < 4.78 is 1.11. The molecular formula is C15H14BrCl. The van der Waals surface area contributed by atoms with E-state index < -0.39 is 0 Å². The fourth-order valence-electron chi connectivity index (χ4n) is 1.89. The lowest BCUT2D eigenvalue weighted by Crippen LogP contribution is -2.04. The maximum absolute atomic E-state index is 6.07. The van der Waals surface area contributed by atoms with Crippen LogP contribution in [0.5, 0.6) is 0 Å². The first-order chi connectivity index (χ1) is 8.29. The van der Waals surface area contributed by atoms with Gasteiger partial charge in [-0.3, -0.25) is 0 Å². The molecule has 2 aromatic rings. The van der Waals surface area contributed by atoms with Crippen LogP contribution in [0.3, 0.4) is 0 Å². The van der Waals surface area contributed by atoms with Crippen LogP contribution in [0.4, 0.5) is 0 Å². The quantitative estimate of drug-likeness (QED) is 0.696.